The summed E-state index contributed by atoms with van der Waals surface area (Å²) in [6.07, 6.45) is 1.69. The third kappa shape index (κ3) is 4.19. The number of fused-ring (bicyclic) bond motifs is 1. The number of hydrogen-bond donors (Lipinski definition) is 3. The zero-order chi connectivity index (χ0) is 19.6. The number of sulfonamides is 1. The van der Waals surface area contributed by atoms with Gasteiger partial charge in [-0.1, -0.05) is 12.1 Å². The quantitative estimate of drug-likeness (QED) is 0.589. The Kier molecular flexibility index (Phi) is 5.33. The first-order valence-electron chi connectivity index (χ1n) is 7.85. The molecule has 3 rings (SSSR count). The maximum absolute atomic E-state index is 12.0. The summed E-state index contributed by atoms with van der Waals surface area (Å²) in [4.78, 5) is 28.2. The van der Waals surface area contributed by atoms with Crippen LogP contribution in [0.15, 0.2) is 50.9 Å². The lowest BCUT2D eigenvalue weighted by Gasteiger charge is -2.07. The number of carbonyl (C=O) groups excluding carboxylic acids is 2. The molecule has 9 nitrogen and oxygen atoms in total. The molecule has 0 saturated carbocycles. The van der Waals surface area contributed by atoms with Crippen molar-refractivity contribution in [1.29, 1.82) is 0 Å². The molecule has 0 fully saturated rings. The fraction of sp³-hybridized carbons (Fsp3) is 0.188. The number of aryl methyl sites for hydroxylation is 1. The van der Waals surface area contributed by atoms with E-state index in [-0.39, 0.29) is 23.7 Å². The molecular weight excluding hydrogens is 438 g/mol. The van der Waals surface area contributed by atoms with Gasteiger partial charge in [-0.05, 0) is 34.1 Å². The predicted molar refractivity (Wildman–Crippen MR) is 102 cm³/mol. The second-order valence-electron chi connectivity index (χ2n) is 5.74. The van der Waals surface area contributed by atoms with Crippen molar-refractivity contribution in [3.05, 3.63) is 52.3 Å². The van der Waals surface area contributed by atoms with Gasteiger partial charge in [-0.2, -0.15) is 0 Å². The molecule has 2 heterocycles. The molecule has 27 heavy (non-hydrogen) atoms. The molecule has 1 aromatic carbocycles. The van der Waals surface area contributed by atoms with E-state index >= 15 is 0 Å². The van der Waals surface area contributed by atoms with E-state index in [9.17, 15) is 18.0 Å². The third-order valence-corrected chi connectivity index (χ3v) is 5.62. The van der Waals surface area contributed by atoms with Gasteiger partial charge in [0.2, 0.25) is 5.91 Å². The van der Waals surface area contributed by atoms with Gasteiger partial charge in [-0.25, -0.2) is 8.42 Å². The number of aliphatic imine (C=N–C) groups is 1. The molecule has 11 heteroatoms. The molecule has 0 spiro atoms. The largest absolute Gasteiger partial charge is 0.345 e. The minimum atomic E-state index is -3.60. The van der Waals surface area contributed by atoms with Crippen LogP contribution in [0.4, 0.5) is 0 Å². The Balaban J connectivity index is 1.54. The van der Waals surface area contributed by atoms with Gasteiger partial charge in [0.1, 0.15) is 11.5 Å². The molecular formula is C16H16BrN5O4S. The van der Waals surface area contributed by atoms with Crippen LogP contribution in [0.5, 0.6) is 0 Å². The molecule has 0 bridgehead atoms. The van der Waals surface area contributed by atoms with Crippen LogP contribution in [0.1, 0.15) is 22.5 Å². The van der Waals surface area contributed by atoms with Crippen molar-refractivity contribution in [2.45, 2.75) is 11.3 Å². The normalized spacial score (nSPS) is 15.9. The van der Waals surface area contributed by atoms with Crippen LogP contribution in [-0.2, 0) is 21.9 Å². The van der Waals surface area contributed by atoms with Crippen molar-refractivity contribution in [3.63, 3.8) is 0 Å². The van der Waals surface area contributed by atoms with E-state index in [0.29, 0.717) is 11.3 Å². The van der Waals surface area contributed by atoms with Gasteiger partial charge in [0.15, 0.2) is 0 Å². The van der Waals surface area contributed by atoms with Crippen LogP contribution < -0.4 is 15.6 Å². The molecule has 1 aliphatic rings. The highest BCUT2D eigenvalue weighted by Crippen LogP contribution is 2.22. The van der Waals surface area contributed by atoms with Crippen molar-refractivity contribution < 1.29 is 18.0 Å². The van der Waals surface area contributed by atoms with Gasteiger partial charge in [-0.15, -0.1) is 0 Å². The lowest BCUT2D eigenvalue weighted by molar-refractivity contribution is -0.121. The number of aromatic nitrogens is 1. The number of nitrogens with one attached hydrogen (secondary N) is 3. The van der Waals surface area contributed by atoms with Gasteiger partial charge < -0.3 is 4.57 Å². The van der Waals surface area contributed by atoms with Crippen LogP contribution in [0.3, 0.4) is 0 Å². The van der Waals surface area contributed by atoms with Gasteiger partial charge in [-0.3, -0.25) is 30.2 Å². The number of nitrogens with zero attached hydrogens (tertiary/aromatic N) is 2. The lowest BCUT2D eigenvalue weighted by Crippen LogP contribution is -2.42. The van der Waals surface area contributed by atoms with E-state index in [1.54, 1.807) is 42.1 Å². The summed E-state index contributed by atoms with van der Waals surface area (Å²) in [7, 11) is -1.90. The molecule has 1 aromatic heterocycles. The van der Waals surface area contributed by atoms with Crippen LogP contribution >= 0.6 is 15.9 Å². The Morgan fingerprint density at radius 3 is 2.70 bits per heavy atom. The minimum Gasteiger partial charge on any atom is -0.345 e. The van der Waals surface area contributed by atoms with E-state index in [1.807, 2.05) is 0 Å². The highest BCUT2D eigenvalue weighted by molar-refractivity contribution is 9.10. The second-order valence-corrected chi connectivity index (χ2v) is 8.31. The summed E-state index contributed by atoms with van der Waals surface area (Å²) in [6, 6.07) is 8.09. The lowest BCUT2D eigenvalue weighted by atomic mass is 10.2. The van der Waals surface area contributed by atoms with Crippen molar-refractivity contribution in [1.82, 2.24) is 20.1 Å². The van der Waals surface area contributed by atoms with Crippen molar-refractivity contribution >= 4 is 43.6 Å². The first-order valence-corrected chi connectivity index (χ1v) is 10.1. The molecule has 1 aliphatic heterocycles. The van der Waals surface area contributed by atoms with E-state index < -0.39 is 21.8 Å². The Morgan fingerprint density at radius 1 is 1.26 bits per heavy atom. The van der Waals surface area contributed by atoms with E-state index in [1.165, 1.54) is 6.07 Å². The van der Waals surface area contributed by atoms with Crippen molar-refractivity contribution in [2.24, 2.45) is 12.0 Å². The summed E-state index contributed by atoms with van der Waals surface area (Å²) < 4.78 is 28.7. The number of hydrazine groups is 1. The summed E-state index contributed by atoms with van der Waals surface area (Å²) in [6.45, 7) is 0.0591. The zero-order valence-corrected chi connectivity index (χ0v) is 16.6. The maximum atomic E-state index is 12.0. The SMILES string of the molecule is Cn1cc(Br)cc1C(=O)NNC(=O)CCN=C1NS(=O)(=O)c2ccccc21. The van der Waals surface area contributed by atoms with Gasteiger partial charge in [0.05, 0.1) is 11.4 Å². The summed E-state index contributed by atoms with van der Waals surface area (Å²) in [5, 5.41) is 0. The highest BCUT2D eigenvalue weighted by atomic mass is 79.9. The van der Waals surface area contributed by atoms with Crippen molar-refractivity contribution in [3.8, 4) is 0 Å². The number of rotatable bonds is 4. The summed E-state index contributed by atoms with van der Waals surface area (Å²) >= 11 is 3.27. The number of benzene rings is 1. The standard InChI is InChI=1S/C16H16BrN5O4S/c1-22-9-10(17)8-12(22)16(24)20-19-14(23)6-7-18-15-11-4-2-3-5-13(11)27(25,26)21-15/h2-5,8-9H,6-7H2,1H3,(H,18,21)(H,19,23)(H,20,24). The smallest absolute Gasteiger partial charge is 0.286 e. The highest BCUT2D eigenvalue weighted by Gasteiger charge is 2.29. The molecule has 0 atom stereocenters. The number of carbonyl (C=O) groups is 2. The van der Waals surface area contributed by atoms with E-state index in [2.05, 4.69) is 36.5 Å². The Morgan fingerprint density at radius 2 is 2.00 bits per heavy atom. The Hall–Kier alpha value is -2.66. The molecule has 0 radical (unpaired) electrons. The molecule has 0 aliphatic carbocycles. The fourth-order valence-electron chi connectivity index (χ4n) is 2.52. The molecule has 2 aromatic rings. The Bertz CT molecular complexity index is 1040. The average molecular weight is 454 g/mol. The number of amides is 2. The first-order chi connectivity index (χ1) is 12.8. The monoisotopic (exact) mass is 453 g/mol. The molecule has 3 N–H and O–H groups in total. The Labute approximate surface area is 164 Å². The molecule has 142 valence electrons. The summed E-state index contributed by atoms with van der Waals surface area (Å²) in [5.74, 6) is -0.702. The van der Waals surface area contributed by atoms with Crippen LogP contribution in [0.2, 0.25) is 0 Å². The zero-order valence-electron chi connectivity index (χ0n) is 14.2. The topological polar surface area (TPSA) is 122 Å². The molecule has 0 unspecified atom stereocenters. The van der Waals surface area contributed by atoms with Crippen LogP contribution in [0.25, 0.3) is 0 Å². The fourth-order valence-corrected chi connectivity index (χ4v) is 4.30. The maximum Gasteiger partial charge on any atom is 0.286 e. The molecule has 0 saturated heterocycles. The summed E-state index contributed by atoms with van der Waals surface area (Å²) in [5.41, 5.74) is 5.47. The number of hydrogen-bond acceptors (Lipinski definition) is 5. The van der Waals surface area contributed by atoms with Gasteiger partial charge >= 0.3 is 0 Å². The third-order valence-electron chi connectivity index (χ3n) is 3.79. The van der Waals surface area contributed by atoms with Crippen molar-refractivity contribution in [2.75, 3.05) is 6.54 Å². The van der Waals surface area contributed by atoms with E-state index in [0.717, 1.165) is 4.47 Å². The van der Waals surface area contributed by atoms with Crippen LogP contribution in [-0.4, -0.2) is 37.2 Å². The molecule has 2 amide bonds. The second kappa shape index (κ2) is 7.53. The number of amidine groups is 1. The first kappa shape index (κ1) is 19.1. The number of halogens is 1. The van der Waals surface area contributed by atoms with Gasteiger partial charge in [0, 0.05) is 29.7 Å². The minimum absolute atomic E-state index is 0.0233. The van der Waals surface area contributed by atoms with Crippen LogP contribution in [0, 0.1) is 0 Å². The predicted octanol–water partition coefficient (Wildman–Crippen LogP) is 0.677. The van der Waals surface area contributed by atoms with Gasteiger partial charge in [0.25, 0.3) is 15.9 Å². The average Bonchev–Trinajstić information content (AvgIpc) is 3.09. The van der Waals surface area contributed by atoms with E-state index in [4.69, 9.17) is 0 Å².